The summed E-state index contributed by atoms with van der Waals surface area (Å²) >= 11 is 1.20. The Balaban J connectivity index is 1.93. The van der Waals surface area contributed by atoms with E-state index in [-0.39, 0.29) is 17.7 Å². The van der Waals surface area contributed by atoms with Gasteiger partial charge in [0.25, 0.3) is 5.91 Å². The minimum Gasteiger partial charge on any atom is -0.462 e. The van der Waals surface area contributed by atoms with Crippen LogP contribution in [0.25, 0.3) is 10.1 Å². The van der Waals surface area contributed by atoms with E-state index in [1.807, 2.05) is 0 Å². The molecule has 0 unspecified atom stereocenters. The van der Waals surface area contributed by atoms with Crippen molar-refractivity contribution in [3.05, 3.63) is 65.2 Å². The van der Waals surface area contributed by atoms with Crippen molar-refractivity contribution < 1.29 is 27.5 Å². The Bertz CT molecular complexity index is 994. The van der Waals surface area contributed by atoms with Crippen LogP contribution in [0.4, 0.5) is 18.2 Å². The van der Waals surface area contributed by atoms with E-state index in [0.717, 1.165) is 29.0 Å². The highest BCUT2D eigenvalue weighted by molar-refractivity contribution is 7.23. The molecule has 0 atom stereocenters. The standard InChI is InChI=1S/C19H14F3NO3S/c1-2-26-18(25)15-13-5-3-4-6-14(13)27-17(15)23-16(24)11-7-9-12(10-8-11)19(20,21)22/h3-10H,2H2,1H3,(H,23,24). The van der Waals surface area contributed by atoms with Crippen LogP contribution in [0.2, 0.25) is 0 Å². The molecule has 4 nitrogen and oxygen atoms in total. The molecular weight excluding hydrogens is 379 g/mol. The summed E-state index contributed by atoms with van der Waals surface area (Å²) < 4.78 is 43.8. The Kier molecular flexibility index (Phi) is 5.18. The highest BCUT2D eigenvalue weighted by Gasteiger charge is 2.30. The van der Waals surface area contributed by atoms with Crippen LogP contribution in [-0.4, -0.2) is 18.5 Å². The van der Waals surface area contributed by atoms with Gasteiger partial charge in [0.1, 0.15) is 10.6 Å². The summed E-state index contributed by atoms with van der Waals surface area (Å²) in [7, 11) is 0. The average molecular weight is 393 g/mol. The zero-order valence-electron chi connectivity index (χ0n) is 14.1. The van der Waals surface area contributed by atoms with E-state index in [1.165, 1.54) is 11.3 Å². The van der Waals surface area contributed by atoms with Gasteiger partial charge in [-0.2, -0.15) is 13.2 Å². The van der Waals surface area contributed by atoms with E-state index in [0.29, 0.717) is 10.4 Å². The lowest BCUT2D eigenvalue weighted by Crippen LogP contribution is -2.15. The number of benzene rings is 2. The van der Waals surface area contributed by atoms with Crippen LogP contribution < -0.4 is 5.32 Å². The third-order valence-electron chi connectivity index (χ3n) is 3.78. The Morgan fingerprint density at radius 3 is 2.37 bits per heavy atom. The molecule has 0 aliphatic heterocycles. The monoisotopic (exact) mass is 393 g/mol. The highest BCUT2D eigenvalue weighted by atomic mass is 32.1. The number of amides is 1. The van der Waals surface area contributed by atoms with Crippen LogP contribution in [0.15, 0.2) is 48.5 Å². The number of hydrogen-bond acceptors (Lipinski definition) is 4. The number of carbonyl (C=O) groups excluding carboxylic acids is 2. The Morgan fingerprint density at radius 2 is 1.74 bits per heavy atom. The molecule has 0 saturated heterocycles. The number of alkyl halides is 3. The molecule has 0 spiro atoms. The van der Waals surface area contributed by atoms with Crippen molar-refractivity contribution in [1.82, 2.24) is 0 Å². The van der Waals surface area contributed by atoms with Gasteiger partial charge in [-0.25, -0.2) is 4.79 Å². The first-order valence-electron chi connectivity index (χ1n) is 7.98. The van der Waals surface area contributed by atoms with Crippen LogP contribution in [0.3, 0.4) is 0 Å². The van der Waals surface area contributed by atoms with Gasteiger partial charge >= 0.3 is 12.1 Å². The second-order valence-corrected chi connectivity index (χ2v) is 6.60. The molecule has 3 rings (SSSR count). The number of nitrogens with one attached hydrogen (secondary N) is 1. The zero-order chi connectivity index (χ0) is 19.6. The van der Waals surface area contributed by atoms with Crippen molar-refractivity contribution >= 4 is 38.3 Å². The fourth-order valence-electron chi connectivity index (χ4n) is 2.53. The predicted octanol–water partition coefficient (Wildman–Crippen LogP) is 5.35. The lowest BCUT2D eigenvalue weighted by molar-refractivity contribution is -0.137. The minimum absolute atomic E-state index is 0.0512. The van der Waals surface area contributed by atoms with Crippen molar-refractivity contribution in [3.8, 4) is 0 Å². The summed E-state index contributed by atoms with van der Waals surface area (Å²) in [5.41, 5.74) is -0.555. The van der Waals surface area contributed by atoms with E-state index >= 15 is 0 Å². The Morgan fingerprint density at radius 1 is 1.07 bits per heavy atom. The van der Waals surface area contributed by atoms with Gasteiger partial charge in [-0.15, -0.1) is 11.3 Å². The van der Waals surface area contributed by atoms with Crippen molar-refractivity contribution in [2.24, 2.45) is 0 Å². The lowest BCUT2D eigenvalue weighted by Gasteiger charge is -2.09. The molecule has 3 aromatic rings. The number of thiophene rings is 1. The fraction of sp³-hybridized carbons (Fsp3) is 0.158. The first kappa shape index (κ1) is 18.9. The van der Waals surface area contributed by atoms with E-state index in [2.05, 4.69) is 5.32 Å². The molecule has 2 aromatic carbocycles. The van der Waals surface area contributed by atoms with Crippen molar-refractivity contribution in [3.63, 3.8) is 0 Å². The van der Waals surface area contributed by atoms with E-state index in [1.54, 1.807) is 31.2 Å². The molecule has 27 heavy (non-hydrogen) atoms. The van der Waals surface area contributed by atoms with Crippen LogP contribution >= 0.6 is 11.3 Å². The Labute approximate surface area is 156 Å². The smallest absolute Gasteiger partial charge is 0.416 e. The molecular formula is C19H14F3NO3S. The number of halogens is 3. The molecule has 1 heterocycles. The van der Waals surface area contributed by atoms with Crippen LogP contribution in [-0.2, 0) is 10.9 Å². The van der Waals surface area contributed by atoms with Crippen molar-refractivity contribution in [1.29, 1.82) is 0 Å². The average Bonchev–Trinajstić information content (AvgIpc) is 2.99. The van der Waals surface area contributed by atoms with Crippen LogP contribution in [0.1, 0.15) is 33.2 Å². The van der Waals surface area contributed by atoms with Gasteiger partial charge in [-0.3, -0.25) is 4.79 Å². The summed E-state index contributed by atoms with van der Waals surface area (Å²) in [6.45, 7) is 1.85. The Hall–Kier alpha value is -2.87. The van der Waals surface area contributed by atoms with E-state index in [9.17, 15) is 22.8 Å². The second-order valence-electron chi connectivity index (χ2n) is 5.55. The maximum Gasteiger partial charge on any atom is 0.416 e. The van der Waals surface area contributed by atoms with Gasteiger partial charge in [0.2, 0.25) is 0 Å². The summed E-state index contributed by atoms with van der Waals surface area (Å²) in [5, 5.41) is 3.54. The number of carbonyl (C=O) groups is 2. The minimum atomic E-state index is -4.47. The maximum absolute atomic E-state index is 12.6. The molecule has 1 amide bonds. The first-order chi connectivity index (χ1) is 12.8. The van der Waals surface area contributed by atoms with Gasteiger partial charge < -0.3 is 10.1 Å². The van der Waals surface area contributed by atoms with Gasteiger partial charge in [-0.1, -0.05) is 18.2 Å². The number of anilines is 1. The van der Waals surface area contributed by atoms with Gasteiger partial charge in [0, 0.05) is 15.6 Å². The van der Waals surface area contributed by atoms with Crippen molar-refractivity contribution in [2.75, 3.05) is 11.9 Å². The highest BCUT2D eigenvalue weighted by Crippen LogP contribution is 2.36. The second kappa shape index (κ2) is 7.40. The molecule has 0 aliphatic carbocycles. The van der Waals surface area contributed by atoms with Gasteiger partial charge in [0.15, 0.2) is 0 Å². The maximum atomic E-state index is 12.6. The normalized spacial score (nSPS) is 11.4. The summed E-state index contributed by atoms with van der Waals surface area (Å²) in [6, 6.07) is 11.0. The first-order valence-corrected chi connectivity index (χ1v) is 8.80. The number of ether oxygens (including phenoxy) is 1. The van der Waals surface area contributed by atoms with Gasteiger partial charge in [-0.05, 0) is 37.3 Å². The molecule has 0 radical (unpaired) electrons. The predicted molar refractivity (Wildman–Crippen MR) is 97.2 cm³/mol. The molecule has 1 N–H and O–H groups in total. The SMILES string of the molecule is CCOC(=O)c1c(NC(=O)c2ccc(C(F)(F)F)cc2)sc2ccccc12. The van der Waals surface area contributed by atoms with Gasteiger partial charge in [0.05, 0.1) is 12.2 Å². The summed E-state index contributed by atoms with van der Waals surface area (Å²) in [4.78, 5) is 24.8. The molecule has 140 valence electrons. The number of rotatable bonds is 4. The van der Waals surface area contributed by atoms with Crippen molar-refractivity contribution in [2.45, 2.75) is 13.1 Å². The molecule has 0 fully saturated rings. The summed E-state index contributed by atoms with van der Waals surface area (Å²) in [6.07, 6.45) is -4.47. The summed E-state index contributed by atoms with van der Waals surface area (Å²) in [5.74, 6) is -1.18. The third-order valence-corrected chi connectivity index (χ3v) is 4.86. The molecule has 0 aliphatic rings. The number of fused-ring (bicyclic) bond motifs is 1. The molecule has 0 bridgehead atoms. The largest absolute Gasteiger partial charge is 0.462 e. The van der Waals surface area contributed by atoms with Crippen LogP contribution in [0.5, 0.6) is 0 Å². The number of hydrogen-bond donors (Lipinski definition) is 1. The van der Waals surface area contributed by atoms with Crippen LogP contribution in [0, 0.1) is 0 Å². The number of esters is 1. The quantitative estimate of drug-likeness (QED) is 0.608. The van der Waals surface area contributed by atoms with E-state index in [4.69, 9.17) is 4.74 Å². The molecule has 8 heteroatoms. The topological polar surface area (TPSA) is 55.4 Å². The van der Waals surface area contributed by atoms with E-state index < -0.39 is 23.6 Å². The lowest BCUT2D eigenvalue weighted by atomic mass is 10.1. The molecule has 1 aromatic heterocycles. The molecule has 0 saturated carbocycles. The zero-order valence-corrected chi connectivity index (χ0v) is 14.9. The fourth-order valence-corrected chi connectivity index (χ4v) is 3.61. The third kappa shape index (κ3) is 3.95.